The van der Waals surface area contributed by atoms with Crippen LogP contribution in [0.25, 0.3) is 11.5 Å². The van der Waals surface area contributed by atoms with Crippen LogP contribution in [0.5, 0.6) is 17.4 Å². The standard InChI is InChI=1S/C22H27N7O2/c1-29(2)22-24-12-10-18(27-22)20-26-14-19(25-13-15-5-4-11-23-15)21(28-20)31-17-8-6-16(30-3)7-9-17/h6-10,12,14-15,23,25H,4-5,11,13H2,1-3H3/t15-/m0/s1. The molecular weight excluding hydrogens is 394 g/mol. The molecule has 0 radical (unpaired) electrons. The predicted molar refractivity (Wildman–Crippen MR) is 120 cm³/mol. The summed E-state index contributed by atoms with van der Waals surface area (Å²) in [5.74, 6) is 2.92. The van der Waals surface area contributed by atoms with E-state index < -0.39 is 0 Å². The number of nitrogens with zero attached hydrogens (tertiary/aromatic N) is 5. The van der Waals surface area contributed by atoms with Gasteiger partial charge in [-0.05, 0) is 49.7 Å². The lowest BCUT2D eigenvalue weighted by Gasteiger charge is -2.16. The van der Waals surface area contributed by atoms with E-state index in [9.17, 15) is 0 Å². The first-order chi connectivity index (χ1) is 15.1. The fourth-order valence-electron chi connectivity index (χ4n) is 3.30. The van der Waals surface area contributed by atoms with Crippen LogP contribution in [0.15, 0.2) is 42.7 Å². The van der Waals surface area contributed by atoms with E-state index in [-0.39, 0.29) is 0 Å². The van der Waals surface area contributed by atoms with Gasteiger partial charge >= 0.3 is 0 Å². The van der Waals surface area contributed by atoms with Crippen molar-refractivity contribution in [2.75, 3.05) is 44.5 Å². The van der Waals surface area contributed by atoms with Gasteiger partial charge in [0.05, 0.1) is 13.3 Å². The SMILES string of the molecule is COc1ccc(Oc2nc(-c3ccnc(N(C)C)n3)ncc2NC[C@@H]2CCCN2)cc1. The summed E-state index contributed by atoms with van der Waals surface area (Å²) >= 11 is 0. The quantitative estimate of drug-likeness (QED) is 0.569. The van der Waals surface area contributed by atoms with E-state index in [4.69, 9.17) is 9.47 Å². The van der Waals surface area contributed by atoms with E-state index in [1.807, 2.05) is 43.3 Å². The van der Waals surface area contributed by atoms with Crippen LogP contribution < -0.4 is 25.0 Å². The third kappa shape index (κ3) is 5.18. The van der Waals surface area contributed by atoms with E-state index in [2.05, 4.69) is 30.6 Å². The first-order valence-corrected chi connectivity index (χ1v) is 10.3. The average molecular weight is 422 g/mol. The summed E-state index contributed by atoms with van der Waals surface area (Å²) in [6.45, 7) is 1.83. The van der Waals surface area contributed by atoms with Gasteiger partial charge in [0.15, 0.2) is 5.82 Å². The zero-order valence-corrected chi connectivity index (χ0v) is 18.0. The number of aromatic nitrogens is 4. The highest BCUT2D eigenvalue weighted by Crippen LogP contribution is 2.30. The van der Waals surface area contributed by atoms with E-state index in [0.29, 0.717) is 35.1 Å². The first kappa shape index (κ1) is 20.8. The Hall–Kier alpha value is -3.46. The van der Waals surface area contributed by atoms with Crippen LogP contribution in [-0.2, 0) is 0 Å². The van der Waals surface area contributed by atoms with Crippen LogP contribution in [0.2, 0.25) is 0 Å². The molecule has 162 valence electrons. The van der Waals surface area contributed by atoms with Crippen LogP contribution >= 0.6 is 0 Å². The van der Waals surface area contributed by atoms with Gasteiger partial charge in [0.25, 0.3) is 0 Å². The molecule has 9 heteroatoms. The third-order valence-electron chi connectivity index (χ3n) is 5.00. The Bertz CT molecular complexity index is 1000. The van der Waals surface area contributed by atoms with Gasteiger partial charge in [0.2, 0.25) is 11.8 Å². The highest BCUT2D eigenvalue weighted by molar-refractivity contribution is 5.59. The molecule has 4 rings (SSSR count). The minimum Gasteiger partial charge on any atom is -0.497 e. The maximum absolute atomic E-state index is 6.12. The van der Waals surface area contributed by atoms with Gasteiger partial charge in [-0.1, -0.05) is 0 Å². The number of rotatable bonds is 8. The number of hydrogen-bond acceptors (Lipinski definition) is 9. The molecule has 9 nitrogen and oxygen atoms in total. The van der Waals surface area contributed by atoms with Crippen LogP contribution in [0.3, 0.4) is 0 Å². The number of ether oxygens (including phenoxy) is 2. The summed E-state index contributed by atoms with van der Waals surface area (Å²) in [5, 5.41) is 6.91. The van der Waals surface area contributed by atoms with Crippen molar-refractivity contribution in [1.29, 1.82) is 0 Å². The molecule has 1 aliphatic rings. The maximum Gasteiger partial charge on any atom is 0.246 e. The van der Waals surface area contributed by atoms with Gasteiger partial charge in [-0.2, -0.15) is 4.98 Å². The Morgan fingerprint density at radius 3 is 2.61 bits per heavy atom. The van der Waals surface area contributed by atoms with Crippen LogP contribution in [-0.4, -0.2) is 60.3 Å². The van der Waals surface area contributed by atoms with Gasteiger partial charge < -0.3 is 25.0 Å². The van der Waals surface area contributed by atoms with Crippen molar-refractivity contribution in [3.8, 4) is 28.9 Å². The second-order valence-corrected chi connectivity index (χ2v) is 7.50. The average Bonchev–Trinajstić information content (AvgIpc) is 3.32. The molecule has 3 heterocycles. The van der Waals surface area contributed by atoms with E-state index in [0.717, 1.165) is 30.9 Å². The molecule has 1 fully saturated rings. The fourth-order valence-corrected chi connectivity index (χ4v) is 3.30. The Kier molecular flexibility index (Phi) is 6.42. The van der Waals surface area contributed by atoms with Gasteiger partial charge in [-0.25, -0.2) is 15.0 Å². The monoisotopic (exact) mass is 421 g/mol. The molecule has 0 saturated carbocycles. The Morgan fingerprint density at radius 1 is 1.10 bits per heavy atom. The van der Waals surface area contributed by atoms with Crippen LogP contribution in [0.4, 0.5) is 11.6 Å². The summed E-state index contributed by atoms with van der Waals surface area (Å²) in [4.78, 5) is 19.8. The Labute approximate surface area is 181 Å². The number of anilines is 2. The molecule has 2 aromatic heterocycles. The van der Waals surface area contributed by atoms with Crippen molar-refractivity contribution >= 4 is 11.6 Å². The predicted octanol–water partition coefficient (Wildman–Crippen LogP) is 2.96. The largest absolute Gasteiger partial charge is 0.497 e. The lowest BCUT2D eigenvalue weighted by atomic mass is 10.2. The Balaban J connectivity index is 1.63. The third-order valence-corrected chi connectivity index (χ3v) is 5.00. The number of benzene rings is 1. The fraction of sp³-hybridized carbons (Fsp3) is 0.364. The van der Waals surface area contributed by atoms with Gasteiger partial charge in [-0.3, -0.25) is 0 Å². The number of hydrogen-bond donors (Lipinski definition) is 2. The van der Waals surface area contributed by atoms with Crippen LogP contribution in [0.1, 0.15) is 12.8 Å². The summed E-state index contributed by atoms with van der Waals surface area (Å²) in [5.41, 5.74) is 1.36. The number of methoxy groups -OCH3 is 1. The van der Waals surface area contributed by atoms with Gasteiger partial charge in [0.1, 0.15) is 22.9 Å². The second kappa shape index (κ2) is 9.57. The van der Waals surface area contributed by atoms with E-state index in [1.54, 1.807) is 25.6 Å². The van der Waals surface area contributed by atoms with Crippen molar-refractivity contribution in [2.45, 2.75) is 18.9 Å². The minimum absolute atomic E-state index is 0.429. The zero-order chi connectivity index (χ0) is 21.6. The smallest absolute Gasteiger partial charge is 0.246 e. The molecule has 0 spiro atoms. The minimum atomic E-state index is 0.429. The van der Waals surface area contributed by atoms with Crippen molar-refractivity contribution in [1.82, 2.24) is 25.3 Å². The highest BCUT2D eigenvalue weighted by atomic mass is 16.5. The van der Waals surface area contributed by atoms with Crippen molar-refractivity contribution in [2.24, 2.45) is 0 Å². The van der Waals surface area contributed by atoms with Crippen molar-refractivity contribution < 1.29 is 9.47 Å². The molecule has 0 amide bonds. The molecule has 0 aliphatic carbocycles. The molecule has 2 N–H and O–H groups in total. The topological polar surface area (TPSA) is 97.3 Å². The molecule has 0 unspecified atom stereocenters. The lowest BCUT2D eigenvalue weighted by molar-refractivity contribution is 0.412. The molecule has 0 bridgehead atoms. The molecule has 1 atom stereocenters. The highest BCUT2D eigenvalue weighted by Gasteiger charge is 2.17. The molecular formula is C22H27N7O2. The van der Waals surface area contributed by atoms with E-state index >= 15 is 0 Å². The summed E-state index contributed by atoms with van der Waals surface area (Å²) in [6, 6.07) is 9.60. The van der Waals surface area contributed by atoms with E-state index in [1.165, 1.54) is 6.42 Å². The molecule has 3 aromatic rings. The molecule has 1 aromatic carbocycles. The second-order valence-electron chi connectivity index (χ2n) is 7.50. The van der Waals surface area contributed by atoms with Crippen LogP contribution in [0, 0.1) is 0 Å². The molecule has 1 aliphatic heterocycles. The summed E-state index contributed by atoms with van der Waals surface area (Å²) in [6.07, 6.45) is 5.78. The van der Waals surface area contributed by atoms with Crippen molar-refractivity contribution in [3.05, 3.63) is 42.7 Å². The summed E-state index contributed by atoms with van der Waals surface area (Å²) in [7, 11) is 5.42. The van der Waals surface area contributed by atoms with Crippen molar-refractivity contribution in [3.63, 3.8) is 0 Å². The molecule has 31 heavy (non-hydrogen) atoms. The molecule has 1 saturated heterocycles. The van der Waals surface area contributed by atoms with Gasteiger partial charge in [0, 0.05) is 32.9 Å². The van der Waals surface area contributed by atoms with Gasteiger partial charge in [-0.15, -0.1) is 0 Å². The Morgan fingerprint density at radius 2 is 1.90 bits per heavy atom. The first-order valence-electron chi connectivity index (χ1n) is 10.3. The lowest BCUT2D eigenvalue weighted by Crippen LogP contribution is -2.29. The number of nitrogens with one attached hydrogen (secondary N) is 2. The summed E-state index contributed by atoms with van der Waals surface area (Å²) < 4.78 is 11.3. The normalized spacial score (nSPS) is 15.5. The maximum atomic E-state index is 6.12. The zero-order valence-electron chi connectivity index (χ0n) is 18.0.